The Morgan fingerprint density at radius 1 is 1.40 bits per heavy atom. The summed E-state index contributed by atoms with van der Waals surface area (Å²) in [5, 5.41) is 8.88. The summed E-state index contributed by atoms with van der Waals surface area (Å²) in [4.78, 5) is 10.8. The van der Waals surface area contributed by atoms with Crippen LogP contribution in [0.4, 0.5) is 0 Å². The molecule has 0 fully saturated rings. The van der Waals surface area contributed by atoms with Crippen molar-refractivity contribution in [1.82, 2.24) is 0 Å². The number of carboxylic acid groups (broad SMARTS) is 1. The highest BCUT2D eigenvalue weighted by Gasteiger charge is 2.08. The SMILES string of the molecule is CS(C)(=O)=NCc1ccccc1C(=O)O. The Morgan fingerprint density at radius 2 is 2.00 bits per heavy atom. The zero-order valence-corrected chi connectivity index (χ0v) is 9.45. The summed E-state index contributed by atoms with van der Waals surface area (Å²) in [6.45, 7) is 0.175. The number of rotatable bonds is 3. The number of benzene rings is 1. The maximum atomic E-state index is 11.3. The zero-order chi connectivity index (χ0) is 11.5. The van der Waals surface area contributed by atoms with Crippen LogP contribution >= 0.6 is 0 Å². The minimum absolute atomic E-state index is 0.175. The maximum Gasteiger partial charge on any atom is 0.336 e. The topological polar surface area (TPSA) is 66.7 Å². The van der Waals surface area contributed by atoms with Crippen LogP contribution in [-0.2, 0) is 16.3 Å². The highest BCUT2D eigenvalue weighted by atomic mass is 32.2. The maximum absolute atomic E-state index is 11.3. The molecule has 0 amide bonds. The Morgan fingerprint density at radius 3 is 2.53 bits per heavy atom. The molecule has 0 atom stereocenters. The lowest BCUT2D eigenvalue weighted by molar-refractivity contribution is 0.0695. The monoisotopic (exact) mass is 227 g/mol. The van der Waals surface area contributed by atoms with E-state index in [9.17, 15) is 9.00 Å². The fourth-order valence-corrected chi connectivity index (χ4v) is 1.54. The first-order chi connectivity index (χ1) is 6.90. The average Bonchev–Trinajstić information content (AvgIpc) is 2.14. The van der Waals surface area contributed by atoms with E-state index in [2.05, 4.69) is 4.36 Å². The van der Waals surface area contributed by atoms with Crippen molar-refractivity contribution in [3.63, 3.8) is 0 Å². The summed E-state index contributed by atoms with van der Waals surface area (Å²) in [7, 11) is -2.18. The van der Waals surface area contributed by atoms with Crippen molar-refractivity contribution < 1.29 is 14.1 Å². The first kappa shape index (κ1) is 11.7. The van der Waals surface area contributed by atoms with Crippen molar-refractivity contribution in [1.29, 1.82) is 0 Å². The van der Waals surface area contributed by atoms with Crippen molar-refractivity contribution in [3.05, 3.63) is 35.4 Å². The molecule has 0 aliphatic rings. The van der Waals surface area contributed by atoms with Gasteiger partial charge in [-0.25, -0.2) is 9.16 Å². The van der Waals surface area contributed by atoms with Gasteiger partial charge in [0.05, 0.1) is 12.1 Å². The standard InChI is InChI=1S/C10H13NO3S/c1-15(2,14)11-7-8-5-3-4-6-9(8)10(12)13/h3-6H,7H2,1-2H3,(H,12,13). The number of aromatic carboxylic acids is 1. The van der Waals surface area contributed by atoms with Gasteiger partial charge in [0.1, 0.15) is 0 Å². The molecule has 0 saturated carbocycles. The summed E-state index contributed by atoms with van der Waals surface area (Å²) >= 11 is 0. The lowest BCUT2D eigenvalue weighted by atomic mass is 10.1. The summed E-state index contributed by atoms with van der Waals surface area (Å²) in [5.41, 5.74) is 0.798. The molecule has 0 bridgehead atoms. The number of carbonyl (C=O) groups is 1. The number of nitrogens with zero attached hydrogens (tertiary/aromatic N) is 1. The smallest absolute Gasteiger partial charge is 0.336 e. The molecule has 82 valence electrons. The Labute approximate surface area is 89.1 Å². The quantitative estimate of drug-likeness (QED) is 0.853. The van der Waals surface area contributed by atoms with Gasteiger partial charge in [-0.2, -0.15) is 0 Å². The minimum Gasteiger partial charge on any atom is -0.478 e. The molecule has 0 radical (unpaired) electrons. The lowest BCUT2D eigenvalue weighted by Crippen LogP contribution is -2.02. The average molecular weight is 227 g/mol. The fourth-order valence-electron chi connectivity index (χ4n) is 1.09. The van der Waals surface area contributed by atoms with Gasteiger partial charge < -0.3 is 5.11 Å². The number of hydrogen-bond acceptors (Lipinski definition) is 3. The molecule has 0 aromatic heterocycles. The summed E-state index contributed by atoms with van der Waals surface area (Å²) < 4.78 is 15.3. The molecule has 1 rings (SSSR count). The van der Waals surface area contributed by atoms with Gasteiger partial charge >= 0.3 is 5.97 Å². The Kier molecular flexibility index (Phi) is 3.47. The van der Waals surface area contributed by atoms with Crippen LogP contribution in [0.5, 0.6) is 0 Å². The first-order valence-corrected chi connectivity index (χ1v) is 6.67. The van der Waals surface area contributed by atoms with Crippen LogP contribution < -0.4 is 0 Å². The van der Waals surface area contributed by atoms with Gasteiger partial charge in [-0.3, -0.25) is 4.21 Å². The van der Waals surface area contributed by atoms with Gasteiger partial charge in [-0.1, -0.05) is 18.2 Å². The molecule has 1 N–H and O–H groups in total. The largest absolute Gasteiger partial charge is 0.478 e. The van der Waals surface area contributed by atoms with Gasteiger partial charge in [0.15, 0.2) is 0 Å². The van der Waals surface area contributed by atoms with E-state index in [0.29, 0.717) is 5.56 Å². The van der Waals surface area contributed by atoms with Gasteiger partial charge in [-0.15, -0.1) is 0 Å². The normalized spacial score (nSPS) is 11.1. The molecule has 0 unspecified atom stereocenters. The van der Waals surface area contributed by atoms with E-state index in [1.54, 1.807) is 18.2 Å². The number of hydrogen-bond donors (Lipinski definition) is 1. The summed E-state index contributed by atoms with van der Waals surface area (Å²) in [6.07, 6.45) is 3.05. The summed E-state index contributed by atoms with van der Waals surface area (Å²) in [6, 6.07) is 6.59. The van der Waals surface area contributed by atoms with Crippen LogP contribution in [0.25, 0.3) is 0 Å². The van der Waals surface area contributed by atoms with E-state index in [1.165, 1.54) is 18.6 Å². The molecule has 5 heteroatoms. The van der Waals surface area contributed by atoms with Gasteiger partial charge in [-0.05, 0) is 11.6 Å². The van der Waals surface area contributed by atoms with Crippen LogP contribution in [0.15, 0.2) is 28.6 Å². The molecular formula is C10H13NO3S. The van der Waals surface area contributed by atoms with Gasteiger partial charge in [0.2, 0.25) is 0 Å². The van der Waals surface area contributed by atoms with Crippen LogP contribution in [-0.4, -0.2) is 27.8 Å². The molecule has 1 aromatic rings. The van der Waals surface area contributed by atoms with Crippen LogP contribution in [0.3, 0.4) is 0 Å². The second kappa shape index (κ2) is 4.44. The Bertz CT molecular complexity index is 479. The molecule has 15 heavy (non-hydrogen) atoms. The number of carboxylic acids is 1. The molecular weight excluding hydrogens is 214 g/mol. The molecule has 0 heterocycles. The van der Waals surface area contributed by atoms with Crippen LogP contribution in [0.1, 0.15) is 15.9 Å². The molecule has 0 aliphatic carbocycles. The Balaban J connectivity index is 3.06. The lowest BCUT2D eigenvalue weighted by Gasteiger charge is -2.02. The van der Waals surface area contributed by atoms with E-state index in [4.69, 9.17) is 5.11 Å². The van der Waals surface area contributed by atoms with Crippen molar-refractivity contribution in [2.75, 3.05) is 12.5 Å². The highest BCUT2D eigenvalue weighted by molar-refractivity contribution is 7.92. The zero-order valence-electron chi connectivity index (χ0n) is 8.64. The second-order valence-electron chi connectivity index (χ2n) is 3.43. The fraction of sp³-hybridized carbons (Fsp3) is 0.300. The Hall–Kier alpha value is -1.36. The third-order valence-corrected chi connectivity index (χ3v) is 2.54. The van der Waals surface area contributed by atoms with Gasteiger partial charge in [0, 0.05) is 22.2 Å². The molecule has 0 aliphatic heterocycles. The van der Waals surface area contributed by atoms with E-state index < -0.39 is 15.7 Å². The highest BCUT2D eigenvalue weighted by Crippen LogP contribution is 2.10. The predicted molar refractivity (Wildman–Crippen MR) is 59.5 cm³/mol. The third-order valence-electron chi connectivity index (χ3n) is 1.79. The molecule has 0 spiro atoms. The van der Waals surface area contributed by atoms with Crippen molar-refractivity contribution in [3.8, 4) is 0 Å². The second-order valence-corrected chi connectivity index (χ2v) is 6.05. The third kappa shape index (κ3) is 3.71. The van der Waals surface area contributed by atoms with E-state index in [0.717, 1.165) is 0 Å². The summed E-state index contributed by atoms with van der Waals surface area (Å²) in [5.74, 6) is -0.987. The van der Waals surface area contributed by atoms with E-state index in [-0.39, 0.29) is 12.1 Å². The first-order valence-electron chi connectivity index (χ1n) is 4.34. The van der Waals surface area contributed by atoms with E-state index >= 15 is 0 Å². The molecule has 0 saturated heterocycles. The van der Waals surface area contributed by atoms with Gasteiger partial charge in [0.25, 0.3) is 0 Å². The van der Waals surface area contributed by atoms with E-state index in [1.807, 2.05) is 0 Å². The van der Waals surface area contributed by atoms with Crippen molar-refractivity contribution in [2.45, 2.75) is 6.54 Å². The predicted octanol–water partition coefficient (Wildman–Crippen LogP) is 1.61. The van der Waals surface area contributed by atoms with Crippen molar-refractivity contribution >= 4 is 15.7 Å². The minimum atomic E-state index is -2.18. The van der Waals surface area contributed by atoms with Crippen molar-refractivity contribution in [2.24, 2.45) is 4.36 Å². The molecule has 1 aromatic carbocycles. The molecule has 4 nitrogen and oxygen atoms in total. The van der Waals surface area contributed by atoms with Crippen LogP contribution in [0, 0.1) is 0 Å². The van der Waals surface area contributed by atoms with Crippen LogP contribution in [0.2, 0.25) is 0 Å².